The molecule has 2 aromatic carbocycles. The van der Waals surface area contributed by atoms with Crippen LogP contribution in [0.1, 0.15) is 5.56 Å². The minimum Gasteiger partial charge on any atom is -0.507 e. The first-order chi connectivity index (χ1) is 11.1. The van der Waals surface area contributed by atoms with Crippen LogP contribution in [0.4, 0.5) is 11.5 Å². The van der Waals surface area contributed by atoms with E-state index < -0.39 is 4.92 Å². The predicted octanol–water partition coefficient (Wildman–Crippen LogP) is 3.29. The van der Waals surface area contributed by atoms with Crippen LogP contribution in [-0.4, -0.2) is 21.2 Å². The van der Waals surface area contributed by atoms with Gasteiger partial charge in [-0.15, -0.1) is 0 Å². The van der Waals surface area contributed by atoms with Gasteiger partial charge in [-0.25, -0.2) is 4.98 Å². The monoisotopic (exact) mass is 308 g/mol. The number of aromatic hydroxyl groups is 1. The van der Waals surface area contributed by atoms with Crippen molar-refractivity contribution in [1.29, 1.82) is 0 Å². The molecule has 7 heteroatoms. The van der Waals surface area contributed by atoms with Crippen molar-refractivity contribution in [2.75, 3.05) is 5.43 Å². The van der Waals surface area contributed by atoms with Crippen molar-refractivity contribution < 1.29 is 10.0 Å². The van der Waals surface area contributed by atoms with Crippen LogP contribution in [0.5, 0.6) is 5.75 Å². The van der Waals surface area contributed by atoms with E-state index in [0.29, 0.717) is 11.4 Å². The Kier molecular flexibility index (Phi) is 3.84. The van der Waals surface area contributed by atoms with E-state index in [4.69, 9.17) is 0 Å². The van der Waals surface area contributed by atoms with Gasteiger partial charge in [-0.05, 0) is 22.9 Å². The molecule has 0 radical (unpaired) electrons. The average molecular weight is 308 g/mol. The van der Waals surface area contributed by atoms with Crippen molar-refractivity contribution in [3.05, 3.63) is 70.4 Å². The molecule has 0 amide bonds. The number of nitro groups is 1. The molecule has 0 aliphatic heterocycles. The summed E-state index contributed by atoms with van der Waals surface area (Å²) in [5.41, 5.74) is 3.17. The fraction of sp³-hybridized carbons (Fsp3) is 0. The summed E-state index contributed by atoms with van der Waals surface area (Å²) in [7, 11) is 0. The van der Waals surface area contributed by atoms with Crippen LogP contribution in [0.15, 0.2) is 59.8 Å². The van der Waals surface area contributed by atoms with Gasteiger partial charge in [0.05, 0.1) is 11.1 Å². The van der Waals surface area contributed by atoms with E-state index in [9.17, 15) is 15.2 Å². The number of nitrogens with one attached hydrogen (secondary N) is 1. The summed E-state index contributed by atoms with van der Waals surface area (Å²) in [6, 6.07) is 13.8. The highest BCUT2D eigenvalue weighted by Crippen LogP contribution is 2.25. The zero-order chi connectivity index (χ0) is 16.2. The van der Waals surface area contributed by atoms with Gasteiger partial charge in [0.25, 0.3) is 5.69 Å². The molecule has 3 rings (SSSR count). The molecule has 1 aromatic heterocycles. The van der Waals surface area contributed by atoms with Crippen molar-refractivity contribution >= 4 is 28.5 Å². The fourth-order valence-electron chi connectivity index (χ4n) is 2.14. The van der Waals surface area contributed by atoms with Crippen LogP contribution < -0.4 is 5.43 Å². The first-order valence-corrected chi connectivity index (χ1v) is 6.75. The number of nitrogens with zero attached hydrogens (tertiary/aromatic N) is 3. The minimum atomic E-state index is -0.520. The molecular weight excluding hydrogens is 296 g/mol. The third-order valence-electron chi connectivity index (χ3n) is 3.28. The van der Waals surface area contributed by atoms with Gasteiger partial charge in [-0.3, -0.25) is 15.5 Å². The maximum absolute atomic E-state index is 10.6. The van der Waals surface area contributed by atoms with E-state index in [0.717, 1.165) is 17.0 Å². The molecule has 0 saturated carbocycles. The average Bonchev–Trinajstić information content (AvgIpc) is 2.57. The second kappa shape index (κ2) is 6.10. The number of hydrogen-bond acceptors (Lipinski definition) is 6. The molecule has 0 saturated heterocycles. The number of pyridine rings is 1. The second-order valence-electron chi connectivity index (χ2n) is 4.75. The maximum Gasteiger partial charge on any atom is 0.287 e. The Bertz CT molecular complexity index is 891. The largest absolute Gasteiger partial charge is 0.507 e. The Morgan fingerprint density at radius 2 is 2.00 bits per heavy atom. The number of benzene rings is 2. The lowest BCUT2D eigenvalue weighted by atomic mass is 10.0. The van der Waals surface area contributed by atoms with Gasteiger partial charge < -0.3 is 5.11 Å². The molecule has 1 heterocycles. The Hall–Kier alpha value is -3.48. The van der Waals surface area contributed by atoms with Crippen molar-refractivity contribution in [3.8, 4) is 5.75 Å². The van der Waals surface area contributed by atoms with Crippen LogP contribution in [0.2, 0.25) is 0 Å². The second-order valence-corrected chi connectivity index (χ2v) is 4.75. The highest BCUT2D eigenvalue weighted by atomic mass is 16.6. The van der Waals surface area contributed by atoms with Gasteiger partial charge >= 0.3 is 0 Å². The van der Waals surface area contributed by atoms with E-state index in [1.165, 1.54) is 18.3 Å². The molecule has 114 valence electrons. The van der Waals surface area contributed by atoms with Crippen LogP contribution in [0, 0.1) is 10.1 Å². The fourth-order valence-corrected chi connectivity index (χ4v) is 2.14. The van der Waals surface area contributed by atoms with Crippen molar-refractivity contribution in [1.82, 2.24) is 4.98 Å². The molecule has 23 heavy (non-hydrogen) atoms. The number of hydrazone groups is 1. The third kappa shape index (κ3) is 3.08. The Labute approximate surface area is 131 Å². The predicted molar refractivity (Wildman–Crippen MR) is 87.7 cm³/mol. The number of rotatable bonds is 4. The lowest BCUT2D eigenvalue weighted by Crippen LogP contribution is -1.95. The first kappa shape index (κ1) is 14.5. The smallest absolute Gasteiger partial charge is 0.287 e. The maximum atomic E-state index is 10.6. The van der Waals surface area contributed by atoms with Gasteiger partial charge in [0.1, 0.15) is 17.8 Å². The van der Waals surface area contributed by atoms with E-state index in [1.807, 2.05) is 30.3 Å². The number of hydrogen-bond donors (Lipinski definition) is 2. The Morgan fingerprint density at radius 1 is 1.17 bits per heavy atom. The molecule has 0 fully saturated rings. The van der Waals surface area contributed by atoms with Crippen LogP contribution in [0.25, 0.3) is 10.8 Å². The van der Waals surface area contributed by atoms with Crippen LogP contribution in [0.3, 0.4) is 0 Å². The quantitative estimate of drug-likeness (QED) is 0.437. The Balaban J connectivity index is 1.83. The molecule has 0 aliphatic carbocycles. The lowest BCUT2D eigenvalue weighted by molar-refractivity contribution is -0.385. The number of phenolic OH excluding ortho intramolecular Hbond substituents is 1. The topological polar surface area (TPSA) is 101 Å². The summed E-state index contributed by atoms with van der Waals surface area (Å²) in [6.45, 7) is 0. The lowest BCUT2D eigenvalue weighted by Gasteiger charge is -2.04. The normalized spacial score (nSPS) is 11.0. The highest BCUT2D eigenvalue weighted by Gasteiger charge is 2.05. The highest BCUT2D eigenvalue weighted by molar-refractivity contribution is 6.02. The standard InChI is InChI=1S/C16H12N4O3/c21-15-7-5-11-3-1-2-4-13(11)14(15)10-18-19-16-8-6-12(9-17-16)20(22)23/h1-10,21H,(H,17,19)/b18-10-. The molecule has 0 unspecified atom stereocenters. The van der Waals surface area contributed by atoms with Crippen LogP contribution >= 0.6 is 0 Å². The number of anilines is 1. The minimum absolute atomic E-state index is 0.0915. The first-order valence-electron chi connectivity index (χ1n) is 6.75. The zero-order valence-electron chi connectivity index (χ0n) is 11.9. The van der Waals surface area contributed by atoms with Gasteiger partial charge in [0.2, 0.25) is 0 Å². The van der Waals surface area contributed by atoms with E-state index in [2.05, 4.69) is 15.5 Å². The number of phenols is 1. The van der Waals surface area contributed by atoms with Gasteiger partial charge in [0, 0.05) is 11.6 Å². The summed E-state index contributed by atoms with van der Waals surface area (Å²) >= 11 is 0. The number of aromatic nitrogens is 1. The van der Waals surface area contributed by atoms with Crippen molar-refractivity contribution in [2.45, 2.75) is 0 Å². The SMILES string of the molecule is O=[N+]([O-])c1ccc(N/N=C\c2c(O)ccc3ccccc23)nc1. The van der Waals surface area contributed by atoms with E-state index >= 15 is 0 Å². The molecule has 0 spiro atoms. The molecular formula is C16H12N4O3. The van der Waals surface area contributed by atoms with Gasteiger partial charge in [0.15, 0.2) is 0 Å². The molecule has 0 atom stereocenters. The summed E-state index contributed by atoms with van der Waals surface area (Å²) in [4.78, 5) is 13.9. The molecule has 3 aromatic rings. The van der Waals surface area contributed by atoms with Crippen LogP contribution in [-0.2, 0) is 0 Å². The summed E-state index contributed by atoms with van der Waals surface area (Å²) in [5, 5.41) is 26.4. The van der Waals surface area contributed by atoms with E-state index in [-0.39, 0.29) is 11.4 Å². The Morgan fingerprint density at radius 3 is 2.74 bits per heavy atom. The summed E-state index contributed by atoms with van der Waals surface area (Å²) in [6.07, 6.45) is 2.63. The molecule has 7 nitrogen and oxygen atoms in total. The number of fused-ring (bicyclic) bond motifs is 1. The molecule has 0 bridgehead atoms. The van der Waals surface area contributed by atoms with Crippen molar-refractivity contribution in [2.24, 2.45) is 5.10 Å². The third-order valence-corrected chi connectivity index (χ3v) is 3.28. The zero-order valence-corrected chi connectivity index (χ0v) is 11.9. The van der Waals surface area contributed by atoms with E-state index in [1.54, 1.807) is 6.07 Å². The summed E-state index contributed by atoms with van der Waals surface area (Å²) < 4.78 is 0. The van der Waals surface area contributed by atoms with Crippen molar-refractivity contribution in [3.63, 3.8) is 0 Å². The molecule has 0 aliphatic rings. The van der Waals surface area contributed by atoms with Gasteiger partial charge in [-0.2, -0.15) is 5.10 Å². The summed E-state index contributed by atoms with van der Waals surface area (Å²) in [5.74, 6) is 0.484. The van der Waals surface area contributed by atoms with Gasteiger partial charge in [-0.1, -0.05) is 30.3 Å². The molecule has 2 N–H and O–H groups in total.